The summed E-state index contributed by atoms with van der Waals surface area (Å²) >= 11 is 1.56. The number of nitriles is 1. The van der Waals surface area contributed by atoms with Gasteiger partial charge in [-0.1, -0.05) is 25.6 Å². The Morgan fingerprint density at radius 2 is 2.30 bits per heavy atom. The molecule has 0 bridgehead atoms. The topological polar surface area (TPSA) is 86.5 Å². The normalized spacial score (nSPS) is 13.9. The largest absolute Gasteiger partial charge is 0.343 e. The molecule has 1 aromatic rings. The van der Waals surface area contributed by atoms with Crippen LogP contribution in [0.2, 0.25) is 0 Å². The zero-order valence-corrected chi connectivity index (χ0v) is 13.2. The van der Waals surface area contributed by atoms with E-state index in [4.69, 9.17) is 0 Å². The molecular formula is C13H23N5OS. The molecule has 0 aliphatic carbocycles. The molecule has 1 aromatic heterocycles. The Morgan fingerprint density at radius 3 is 2.85 bits per heavy atom. The van der Waals surface area contributed by atoms with Gasteiger partial charge in [-0.15, -0.1) is 5.10 Å². The van der Waals surface area contributed by atoms with Gasteiger partial charge in [0.05, 0.1) is 6.07 Å². The fraction of sp³-hybridized carbons (Fsp3) is 0.769. The number of H-pyrrole nitrogens is 1. The maximum atomic E-state index is 11.5. The Bertz CT molecular complexity index is 498. The number of nitrogens with one attached hydrogen (secondary N) is 2. The van der Waals surface area contributed by atoms with Gasteiger partial charge in [-0.05, 0) is 32.7 Å². The predicted molar refractivity (Wildman–Crippen MR) is 80.8 cm³/mol. The van der Waals surface area contributed by atoms with Gasteiger partial charge in [0.15, 0.2) is 5.16 Å². The number of aromatic amines is 1. The molecule has 2 N–H and O–H groups in total. The van der Waals surface area contributed by atoms with Crippen LogP contribution in [0.1, 0.15) is 39.5 Å². The first-order valence-corrected chi connectivity index (χ1v) is 7.99. The summed E-state index contributed by atoms with van der Waals surface area (Å²) in [5.74, 6) is 0.846. The van der Waals surface area contributed by atoms with Crippen molar-refractivity contribution < 1.29 is 0 Å². The highest BCUT2D eigenvalue weighted by Crippen LogP contribution is 2.20. The van der Waals surface area contributed by atoms with Gasteiger partial charge in [-0.2, -0.15) is 5.26 Å². The zero-order chi connectivity index (χ0) is 15.0. The van der Waals surface area contributed by atoms with Crippen LogP contribution in [0.25, 0.3) is 0 Å². The molecule has 6 nitrogen and oxygen atoms in total. The fourth-order valence-corrected chi connectivity index (χ4v) is 2.95. The van der Waals surface area contributed by atoms with Crippen molar-refractivity contribution in [2.24, 2.45) is 0 Å². The summed E-state index contributed by atoms with van der Waals surface area (Å²) in [4.78, 5) is 11.5. The fourth-order valence-electron chi connectivity index (χ4n) is 2.04. The zero-order valence-electron chi connectivity index (χ0n) is 12.4. The van der Waals surface area contributed by atoms with Crippen molar-refractivity contribution in [3.8, 4) is 6.07 Å². The molecule has 112 valence electrons. The third-order valence-electron chi connectivity index (χ3n) is 3.45. The molecule has 20 heavy (non-hydrogen) atoms. The van der Waals surface area contributed by atoms with E-state index in [2.05, 4.69) is 21.6 Å². The smallest absolute Gasteiger partial charge is 0.302 e. The third-order valence-corrected chi connectivity index (χ3v) is 4.51. The summed E-state index contributed by atoms with van der Waals surface area (Å²) in [6, 6.07) is 2.35. The Hall–Kier alpha value is -1.26. The van der Waals surface area contributed by atoms with Gasteiger partial charge in [-0.3, -0.25) is 4.57 Å². The summed E-state index contributed by atoms with van der Waals surface area (Å²) in [6.45, 7) is 4.73. The minimum atomic E-state index is -0.435. The lowest BCUT2D eigenvalue weighted by Crippen LogP contribution is -2.40. The lowest BCUT2D eigenvalue weighted by Gasteiger charge is -2.24. The molecule has 1 rings (SSSR count). The van der Waals surface area contributed by atoms with Crippen molar-refractivity contribution in [3.05, 3.63) is 10.5 Å². The van der Waals surface area contributed by atoms with Gasteiger partial charge >= 0.3 is 5.69 Å². The Morgan fingerprint density at radius 1 is 1.55 bits per heavy atom. The molecule has 0 spiro atoms. The van der Waals surface area contributed by atoms with Crippen molar-refractivity contribution in [2.75, 3.05) is 12.8 Å². The highest BCUT2D eigenvalue weighted by Gasteiger charge is 2.24. The summed E-state index contributed by atoms with van der Waals surface area (Å²) < 4.78 is 1.67. The SMILES string of the molecule is CCCn1c(SCCCC(C#N)(CC)NC)n[nH]c1=O. The quantitative estimate of drug-likeness (QED) is 0.535. The average molecular weight is 297 g/mol. The van der Waals surface area contributed by atoms with Crippen LogP contribution in [0.4, 0.5) is 0 Å². The minimum absolute atomic E-state index is 0.149. The van der Waals surface area contributed by atoms with Crippen LogP contribution in [0.3, 0.4) is 0 Å². The van der Waals surface area contributed by atoms with Gasteiger partial charge < -0.3 is 5.32 Å². The molecule has 7 heteroatoms. The van der Waals surface area contributed by atoms with Crippen molar-refractivity contribution >= 4 is 11.8 Å². The lowest BCUT2D eigenvalue weighted by atomic mass is 9.93. The van der Waals surface area contributed by atoms with Crippen molar-refractivity contribution in [1.29, 1.82) is 5.26 Å². The molecule has 1 unspecified atom stereocenters. The second-order valence-electron chi connectivity index (χ2n) is 4.71. The van der Waals surface area contributed by atoms with E-state index < -0.39 is 5.54 Å². The maximum Gasteiger partial charge on any atom is 0.343 e. The van der Waals surface area contributed by atoms with E-state index >= 15 is 0 Å². The second-order valence-corrected chi connectivity index (χ2v) is 5.77. The van der Waals surface area contributed by atoms with Crippen LogP contribution in [-0.4, -0.2) is 33.1 Å². The van der Waals surface area contributed by atoms with E-state index in [-0.39, 0.29) is 5.69 Å². The van der Waals surface area contributed by atoms with Gasteiger partial charge in [0.2, 0.25) is 0 Å². The Balaban J connectivity index is 2.49. The van der Waals surface area contributed by atoms with E-state index in [1.807, 2.05) is 20.9 Å². The molecule has 0 saturated carbocycles. The summed E-state index contributed by atoms with van der Waals surface area (Å²) in [7, 11) is 1.83. The molecule has 0 fully saturated rings. The van der Waals surface area contributed by atoms with Crippen molar-refractivity contribution in [3.63, 3.8) is 0 Å². The summed E-state index contributed by atoms with van der Waals surface area (Å²) in [5.41, 5.74) is -0.584. The molecule has 0 aliphatic rings. The highest BCUT2D eigenvalue weighted by molar-refractivity contribution is 7.99. The first-order valence-electron chi connectivity index (χ1n) is 7.00. The van der Waals surface area contributed by atoms with Crippen LogP contribution >= 0.6 is 11.8 Å². The lowest BCUT2D eigenvalue weighted by molar-refractivity contribution is 0.400. The van der Waals surface area contributed by atoms with E-state index in [0.29, 0.717) is 6.54 Å². The van der Waals surface area contributed by atoms with Gasteiger partial charge in [-0.25, -0.2) is 9.89 Å². The number of aromatic nitrogens is 3. The highest BCUT2D eigenvalue weighted by atomic mass is 32.2. The van der Waals surface area contributed by atoms with Crippen LogP contribution in [-0.2, 0) is 6.54 Å². The third kappa shape index (κ3) is 4.12. The van der Waals surface area contributed by atoms with Crippen LogP contribution in [0, 0.1) is 11.3 Å². The molecule has 0 saturated heterocycles. The first kappa shape index (κ1) is 16.8. The monoisotopic (exact) mass is 297 g/mol. The Labute approximate surface area is 123 Å². The van der Waals surface area contributed by atoms with Crippen LogP contribution in [0.15, 0.2) is 9.95 Å². The Kier molecular flexibility index (Phi) is 6.82. The van der Waals surface area contributed by atoms with Crippen LogP contribution < -0.4 is 11.0 Å². The number of hydrogen-bond acceptors (Lipinski definition) is 5. The van der Waals surface area contributed by atoms with E-state index in [1.54, 1.807) is 16.3 Å². The number of hydrogen-bond donors (Lipinski definition) is 2. The van der Waals surface area contributed by atoms with Gasteiger partial charge in [0.25, 0.3) is 0 Å². The van der Waals surface area contributed by atoms with Gasteiger partial charge in [0.1, 0.15) is 5.54 Å². The van der Waals surface area contributed by atoms with Gasteiger partial charge in [0, 0.05) is 12.3 Å². The molecule has 1 heterocycles. The minimum Gasteiger partial charge on any atom is -0.302 e. The molecule has 1 atom stereocenters. The van der Waals surface area contributed by atoms with E-state index in [1.165, 1.54) is 0 Å². The van der Waals surface area contributed by atoms with Crippen molar-refractivity contribution in [2.45, 2.75) is 56.8 Å². The maximum absolute atomic E-state index is 11.5. The van der Waals surface area contributed by atoms with E-state index in [9.17, 15) is 10.1 Å². The van der Waals surface area contributed by atoms with E-state index in [0.717, 1.165) is 36.6 Å². The summed E-state index contributed by atoms with van der Waals surface area (Å²) in [6.07, 6.45) is 3.39. The number of rotatable bonds is 9. The van der Waals surface area contributed by atoms with Crippen LogP contribution in [0.5, 0.6) is 0 Å². The molecule has 0 amide bonds. The first-order chi connectivity index (χ1) is 9.62. The molecular weight excluding hydrogens is 274 g/mol. The molecule has 0 radical (unpaired) electrons. The molecule has 0 aliphatic heterocycles. The standard InChI is InChI=1S/C13H23N5OS/c1-4-8-18-11(19)16-17-12(18)20-9-6-7-13(5-2,10-14)15-3/h15H,4-9H2,1-3H3,(H,16,19). The summed E-state index contributed by atoms with van der Waals surface area (Å²) in [5, 5.41) is 19.6. The average Bonchev–Trinajstić information content (AvgIpc) is 2.82. The van der Waals surface area contributed by atoms with Crippen molar-refractivity contribution in [1.82, 2.24) is 20.1 Å². The molecule has 0 aromatic carbocycles. The second kappa shape index (κ2) is 8.12. The predicted octanol–water partition coefficient (Wildman–Crippen LogP) is 1.75. The number of thioether (sulfide) groups is 1. The number of nitrogens with zero attached hydrogens (tertiary/aromatic N) is 3.